The van der Waals surface area contributed by atoms with Crippen LogP contribution in [0.5, 0.6) is 0 Å². The lowest BCUT2D eigenvalue weighted by Gasteiger charge is -2.10. The molecule has 0 amide bonds. The van der Waals surface area contributed by atoms with E-state index in [-0.39, 0.29) is 0 Å². The Balaban J connectivity index is 2.90. The number of rotatable bonds is 4. The number of nitrogens with one attached hydrogen (secondary N) is 2. The summed E-state index contributed by atoms with van der Waals surface area (Å²) in [6, 6.07) is 3.68. The predicted molar refractivity (Wildman–Crippen MR) is 61.5 cm³/mol. The summed E-state index contributed by atoms with van der Waals surface area (Å²) >= 11 is 0. The Morgan fingerprint density at radius 2 is 2.19 bits per heavy atom. The molecule has 86 valence electrons. The molecule has 2 N–H and O–H groups in total. The van der Waals surface area contributed by atoms with Gasteiger partial charge in [0.05, 0.1) is 16.3 Å². The van der Waals surface area contributed by atoms with Crippen molar-refractivity contribution in [3.8, 4) is 0 Å². The van der Waals surface area contributed by atoms with Gasteiger partial charge in [0.25, 0.3) is 6.20 Å². The highest BCUT2D eigenvalue weighted by molar-refractivity contribution is 5.51. The zero-order chi connectivity index (χ0) is 12.1. The molecule has 6 nitrogen and oxygen atoms in total. The van der Waals surface area contributed by atoms with Crippen LogP contribution >= 0.6 is 0 Å². The van der Waals surface area contributed by atoms with E-state index in [1.807, 2.05) is 26.0 Å². The Labute approximate surface area is 93.5 Å². The molecular formula is C10H14N4O2. The first kappa shape index (κ1) is 12.0. The van der Waals surface area contributed by atoms with Gasteiger partial charge in [0.15, 0.2) is 5.82 Å². The third-order valence-electron chi connectivity index (χ3n) is 2.00. The highest BCUT2D eigenvalue weighted by Crippen LogP contribution is 2.13. The molecule has 0 spiro atoms. The highest BCUT2D eigenvalue weighted by atomic mass is 16.6. The van der Waals surface area contributed by atoms with E-state index in [1.54, 1.807) is 7.05 Å². The number of pyridine rings is 1. The van der Waals surface area contributed by atoms with Crippen LogP contribution < -0.4 is 10.6 Å². The fourth-order valence-corrected chi connectivity index (χ4v) is 1.23. The minimum absolute atomic E-state index is 0.318. The highest BCUT2D eigenvalue weighted by Gasteiger charge is 2.04. The zero-order valence-electron chi connectivity index (χ0n) is 9.44. The molecule has 1 aromatic rings. The predicted octanol–water partition coefficient (Wildman–Crippen LogP) is 1.41. The molecule has 0 fully saturated rings. The molecule has 0 aromatic carbocycles. The molecule has 0 aliphatic carbocycles. The third-order valence-corrected chi connectivity index (χ3v) is 2.00. The average Bonchev–Trinajstić information content (AvgIpc) is 2.20. The molecule has 1 heterocycles. The summed E-state index contributed by atoms with van der Waals surface area (Å²) in [5.41, 5.74) is 2.45. The van der Waals surface area contributed by atoms with Gasteiger partial charge < -0.3 is 10.6 Å². The maximum absolute atomic E-state index is 10.3. The lowest BCUT2D eigenvalue weighted by atomic mass is 10.3. The number of hydrogen-bond donors (Lipinski definition) is 2. The minimum Gasteiger partial charge on any atom is -0.370 e. The van der Waals surface area contributed by atoms with Gasteiger partial charge in [-0.15, -0.1) is 0 Å². The lowest BCUT2D eigenvalue weighted by Crippen LogP contribution is -2.17. The smallest absolute Gasteiger partial charge is 0.274 e. The van der Waals surface area contributed by atoms with E-state index in [1.165, 1.54) is 0 Å². The molecule has 0 radical (unpaired) electrons. The molecule has 0 bridgehead atoms. The van der Waals surface area contributed by atoms with Gasteiger partial charge in [-0.25, -0.2) is 0 Å². The first-order valence-corrected chi connectivity index (χ1v) is 4.77. The summed E-state index contributed by atoms with van der Waals surface area (Å²) in [5.74, 6) is 0.318. The molecule has 0 saturated heterocycles. The van der Waals surface area contributed by atoms with Crippen LogP contribution in [0.2, 0.25) is 0 Å². The van der Waals surface area contributed by atoms with Crippen LogP contribution in [0.25, 0.3) is 0 Å². The second-order valence-corrected chi connectivity index (χ2v) is 3.29. The Morgan fingerprint density at radius 1 is 1.50 bits per heavy atom. The van der Waals surface area contributed by atoms with Crippen molar-refractivity contribution < 1.29 is 4.92 Å². The van der Waals surface area contributed by atoms with Gasteiger partial charge in [0, 0.05) is 12.7 Å². The van der Waals surface area contributed by atoms with Gasteiger partial charge in [-0.05, 0) is 26.0 Å². The van der Waals surface area contributed by atoms with Crippen molar-refractivity contribution in [2.45, 2.75) is 13.8 Å². The molecule has 1 rings (SSSR count). The summed E-state index contributed by atoms with van der Waals surface area (Å²) < 4.78 is 0. The number of nitro groups is 1. The maximum atomic E-state index is 10.3. The van der Waals surface area contributed by atoms with E-state index in [0.717, 1.165) is 23.3 Å². The Hall–Kier alpha value is -2.11. The minimum atomic E-state index is -0.518. The van der Waals surface area contributed by atoms with Crippen molar-refractivity contribution in [2.24, 2.45) is 0 Å². The normalized spacial score (nSPS) is 11.1. The molecule has 0 atom stereocenters. The number of aromatic nitrogens is 1. The number of aryl methyl sites for hydroxylation is 2. The van der Waals surface area contributed by atoms with E-state index < -0.39 is 4.92 Å². The number of anilines is 1. The van der Waals surface area contributed by atoms with Crippen LogP contribution in [-0.4, -0.2) is 17.0 Å². The van der Waals surface area contributed by atoms with Crippen LogP contribution in [-0.2, 0) is 0 Å². The quantitative estimate of drug-likeness (QED) is 0.594. The van der Waals surface area contributed by atoms with Crippen LogP contribution in [0.3, 0.4) is 0 Å². The molecule has 0 aliphatic rings. The van der Waals surface area contributed by atoms with Gasteiger partial charge in [0.2, 0.25) is 0 Å². The van der Waals surface area contributed by atoms with Crippen molar-refractivity contribution in [3.63, 3.8) is 0 Å². The summed E-state index contributed by atoms with van der Waals surface area (Å²) in [7, 11) is 1.61. The summed E-state index contributed by atoms with van der Waals surface area (Å²) in [6.45, 7) is 3.73. The van der Waals surface area contributed by atoms with E-state index in [9.17, 15) is 10.1 Å². The fraction of sp³-hybridized carbons (Fsp3) is 0.300. The number of nitrogens with zero attached hydrogens (tertiary/aromatic N) is 2. The monoisotopic (exact) mass is 222 g/mol. The van der Waals surface area contributed by atoms with Gasteiger partial charge in [-0.1, -0.05) is 0 Å². The molecule has 6 heteroatoms. The van der Waals surface area contributed by atoms with Crippen molar-refractivity contribution in [1.82, 2.24) is 10.3 Å². The molecular weight excluding hydrogens is 208 g/mol. The summed E-state index contributed by atoms with van der Waals surface area (Å²) in [6.07, 6.45) is 0.874. The first-order valence-electron chi connectivity index (χ1n) is 4.77. The SMILES string of the molecule is CN/C(=C\[N+](=O)[O-])Nc1ccc(C)nc1C. The van der Waals surface area contributed by atoms with E-state index in [2.05, 4.69) is 15.6 Å². The molecule has 1 aromatic heterocycles. The Bertz CT molecular complexity index is 429. The van der Waals surface area contributed by atoms with Gasteiger partial charge >= 0.3 is 0 Å². The topological polar surface area (TPSA) is 80.1 Å². The van der Waals surface area contributed by atoms with E-state index >= 15 is 0 Å². The summed E-state index contributed by atoms with van der Waals surface area (Å²) in [4.78, 5) is 14.1. The Morgan fingerprint density at radius 3 is 2.69 bits per heavy atom. The second-order valence-electron chi connectivity index (χ2n) is 3.29. The van der Waals surface area contributed by atoms with Crippen molar-refractivity contribution in [3.05, 3.63) is 45.7 Å². The Kier molecular flexibility index (Phi) is 3.82. The third kappa shape index (κ3) is 3.23. The molecule has 0 aliphatic heterocycles. The van der Waals surface area contributed by atoms with Crippen LogP contribution in [0, 0.1) is 24.0 Å². The maximum Gasteiger partial charge on any atom is 0.274 e. The largest absolute Gasteiger partial charge is 0.370 e. The van der Waals surface area contributed by atoms with E-state index in [0.29, 0.717) is 5.82 Å². The van der Waals surface area contributed by atoms with Gasteiger partial charge in [-0.2, -0.15) is 0 Å². The fourth-order valence-electron chi connectivity index (χ4n) is 1.23. The number of hydrogen-bond acceptors (Lipinski definition) is 5. The van der Waals surface area contributed by atoms with Crippen LogP contribution in [0.15, 0.2) is 24.2 Å². The van der Waals surface area contributed by atoms with Crippen molar-refractivity contribution in [1.29, 1.82) is 0 Å². The zero-order valence-corrected chi connectivity index (χ0v) is 9.44. The average molecular weight is 222 g/mol. The molecule has 0 unspecified atom stereocenters. The lowest BCUT2D eigenvalue weighted by molar-refractivity contribution is -0.403. The summed E-state index contributed by atoms with van der Waals surface area (Å²) in [5, 5.41) is 15.9. The van der Waals surface area contributed by atoms with Crippen molar-refractivity contribution in [2.75, 3.05) is 12.4 Å². The second kappa shape index (κ2) is 5.11. The molecule has 0 saturated carbocycles. The van der Waals surface area contributed by atoms with Crippen molar-refractivity contribution >= 4 is 5.69 Å². The van der Waals surface area contributed by atoms with Crippen LogP contribution in [0.4, 0.5) is 5.69 Å². The van der Waals surface area contributed by atoms with Gasteiger partial charge in [0.1, 0.15) is 0 Å². The standard InChI is InChI=1S/C10H14N4O2/c1-7-4-5-9(8(2)12-7)13-10(11-3)6-14(15)16/h4-6,11,13H,1-3H3/b10-6+. The molecule has 16 heavy (non-hydrogen) atoms. The van der Waals surface area contributed by atoms with Gasteiger partial charge in [-0.3, -0.25) is 15.1 Å². The van der Waals surface area contributed by atoms with E-state index in [4.69, 9.17) is 0 Å². The first-order chi connectivity index (χ1) is 7.52. The van der Waals surface area contributed by atoms with Crippen LogP contribution in [0.1, 0.15) is 11.4 Å².